The molecule has 1 saturated carbocycles. The molecule has 3 aromatic rings. The molecule has 0 radical (unpaired) electrons. The molecule has 0 bridgehead atoms. The first-order valence-corrected chi connectivity index (χ1v) is 12.1. The van der Waals surface area contributed by atoms with Crippen LogP contribution in [-0.4, -0.2) is 0 Å². The predicted molar refractivity (Wildman–Crippen MR) is 134 cm³/mol. The summed E-state index contributed by atoms with van der Waals surface area (Å²) in [5.41, 5.74) is 4.02. The first-order valence-electron chi connectivity index (χ1n) is 12.1. The average molecular weight is 425 g/mol. The van der Waals surface area contributed by atoms with Gasteiger partial charge >= 0.3 is 0 Å². The number of halogens is 1. The summed E-state index contributed by atoms with van der Waals surface area (Å²) >= 11 is 0. The maximum atomic E-state index is 15.0. The van der Waals surface area contributed by atoms with E-state index in [4.69, 9.17) is 0 Å². The number of rotatable bonds is 6. The molecule has 0 N–H and O–H groups in total. The zero-order valence-electron chi connectivity index (χ0n) is 19.2. The van der Waals surface area contributed by atoms with Crippen LogP contribution in [-0.2, 0) is 6.42 Å². The highest BCUT2D eigenvalue weighted by atomic mass is 19.1. The van der Waals surface area contributed by atoms with Crippen molar-refractivity contribution in [1.29, 1.82) is 0 Å². The summed E-state index contributed by atoms with van der Waals surface area (Å²) in [6.45, 7) is 6.06. The number of hydrogen-bond donors (Lipinski definition) is 0. The standard InChI is InChI=1S/C31H33F/c1-3-5-7-25-13-21-30-29(22-25)20-19-28(31(30)32)18-12-24-10-16-27(17-11-24)26-14-8-23(6-4-2)9-15-26/h3,10-11,13,16-17,19-23,26H,1,4-9,14-15H2,2H3. The summed E-state index contributed by atoms with van der Waals surface area (Å²) in [5, 5.41) is 1.56. The highest BCUT2D eigenvalue weighted by Gasteiger charge is 2.21. The van der Waals surface area contributed by atoms with Gasteiger partial charge in [-0.2, -0.15) is 0 Å². The van der Waals surface area contributed by atoms with Crippen molar-refractivity contribution in [3.05, 3.63) is 95.3 Å². The fourth-order valence-electron chi connectivity index (χ4n) is 5.03. The Morgan fingerprint density at radius 2 is 1.75 bits per heavy atom. The predicted octanol–water partition coefficient (Wildman–Crippen LogP) is 8.57. The van der Waals surface area contributed by atoms with Crippen LogP contribution in [0.15, 0.2) is 67.3 Å². The van der Waals surface area contributed by atoms with Gasteiger partial charge in [0.25, 0.3) is 0 Å². The van der Waals surface area contributed by atoms with Crippen molar-refractivity contribution in [2.75, 3.05) is 0 Å². The molecule has 1 fully saturated rings. The molecule has 0 aliphatic heterocycles. The van der Waals surface area contributed by atoms with E-state index < -0.39 is 0 Å². The van der Waals surface area contributed by atoms with Crippen LogP contribution in [0.25, 0.3) is 10.8 Å². The molecule has 4 rings (SSSR count). The summed E-state index contributed by atoms with van der Waals surface area (Å²) in [6.07, 6.45) is 11.8. The molecular formula is C31H33F. The first-order chi connectivity index (χ1) is 15.7. The fraction of sp³-hybridized carbons (Fsp3) is 0.355. The Balaban J connectivity index is 1.46. The second-order valence-electron chi connectivity index (χ2n) is 9.19. The van der Waals surface area contributed by atoms with Crippen molar-refractivity contribution < 1.29 is 4.39 Å². The fourth-order valence-corrected chi connectivity index (χ4v) is 5.03. The van der Waals surface area contributed by atoms with E-state index in [1.54, 1.807) is 6.07 Å². The van der Waals surface area contributed by atoms with Crippen molar-refractivity contribution in [2.24, 2.45) is 5.92 Å². The largest absolute Gasteiger partial charge is 0.205 e. The summed E-state index contributed by atoms with van der Waals surface area (Å²) < 4.78 is 15.0. The molecule has 1 aliphatic rings. The number of fused-ring (bicyclic) bond motifs is 1. The van der Waals surface area contributed by atoms with Gasteiger partial charge in [-0.1, -0.05) is 74.1 Å². The van der Waals surface area contributed by atoms with Gasteiger partial charge in [-0.15, -0.1) is 6.58 Å². The number of allylic oxidation sites excluding steroid dienone is 1. The number of aryl methyl sites for hydroxylation is 1. The molecule has 0 nitrogen and oxygen atoms in total. The first kappa shape index (κ1) is 22.3. The van der Waals surface area contributed by atoms with E-state index in [-0.39, 0.29) is 5.82 Å². The molecule has 1 heteroatoms. The SMILES string of the molecule is C=CCCc1ccc2c(F)c(C#Cc3ccc(C4CCC(CCC)CC4)cc3)ccc2c1. The monoisotopic (exact) mass is 424 g/mol. The Labute approximate surface area is 192 Å². The highest BCUT2D eigenvalue weighted by molar-refractivity contribution is 5.85. The van der Waals surface area contributed by atoms with Gasteiger partial charge < -0.3 is 0 Å². The Bertz CT molecular complexity index is 1120. The van der Waals surface area contributed by atoms with E-state index in [0.717, 1.165) is 29.7 Å². The Kier molecular flexibility index (Phi) is 7.43. The van der Waals surface area contributed by atoms with Gasteiger partial charge in [0.05, 0.1) is 5.56 Å². The zero-order valence-corrected chi connectivity index (χ0v) is 19.2. The Hall–Kier alpha value is -2.85. The van der Waals surface area contributed by atoms with Gasteiger partial charge in [-0.25, -0.2) is 4.39 Å². The topological polar surface area (TPSA) is 0 Å². The summed E-state index contributed by atoms with van der Waals surface area (Å²) in [4.78, 5) is 0. The van der Waals surface area contributed by atoms with Crippen molar-refractivity contribution in [3.8, 4) is 11.8 Å². The molecule has 164 valence electrons. The average Bonchev–Trinajstić information content (AvgIpc) is 2.83. The number of benzene rings is 3. The lowest BCUT2D eigenvalue weighted by Crippen LogP contribution is -2.13. The molecule has 0 aromatic heterocycles. The Morgan fingerprint density at radius 3 is 2.47 bits per heavy atom. The minimum atomic E-state index is -0.231. The quantitative estimate of drug-likeness (QED) is 0.274. The molecule has 0 spiro atoms. The minimum Gasteiger partial charge on any atom is -0.205 e. The van der Waals surface area contributed by atoms with Crippen LogP contribution < -0.4 is 0 Å². The van der Waals surface area contributed by atoms with Crippen LogP contribution in [0.3, 0.4) is 0 Å². The molecule has 0 heterocycles. The van der Waals surface area contributed by atoms with Gasteiger partial charge in [0.15, 0.2) is 0 Å². The van der Waals surface area contributed by atoms with Gasteiger partial charge in [-0.3, -0.25) is 0 Å². The molecule has 1 aliphatic carbocycles. The normalized spacial score (nSPS) is 18.2. The van der Waals surface area contributed by atoms with Crippen molar-refractivity contribution >= 4 is 10.8 Å². The maximum absolute atomic E-state index is 15.0. The summed E-state index contributed by atoms with van der Waals surface area (Å²) in [6, 6.07) is 18.3. The van der Waals surface area contributed by atoms with Crippen LogP contribution in [0.2, 0.25) is 0 Å². The highest BCUT2D eigenvalue weighted by Crippen LogP contribution is 2.37. The van der Waals surface area contributed by atoms with Crippen LogP contribution in [0.1, 0.15) is 80.0 Å². The smallest absolute Gasteiger partial charge is 0.146 e. The van der Waals surface area contributed by atoms with E-state index in [0.29, 0.717) is 16.9 Å². The van der Waals surface area contributed by atoms with Gasteiger partial charge in [0.1, 0.15) is 5.82 Å². The minimum absolute atomic E-state index is 0.231. The van der Waals surface area contributed by atoms with Crippen molar-refractivity contribution in [3.63, 3.8) is 0 Å². The third-order valence-electron chi connectivity index (χ3n) is 6.92. The van der Waals surface area contributed by atoms with E-state index in [1.807, 2.05) is 24.3 Å². The van der Waals surface area contributed by atoms with Gasteiger partial charge in [0.2, 0.25) is 0 Å². The third-order valence-corrected chi connectivity index (χ3v) is 6.92. The molecule has 0 amide bonds. The van der Waals surface area contributed by atoms with E-state index in [1.165, 1.54) is 49.7 Å². The second kappa shape index (κ2) is 10.6. The van der Waals surface area contributed by atoms with E-state index in [9.17, 15) is 0 Å². The van der Waals surface area contributed by atoms with Crippen LogP contribution >= 0.6 is 0 Å². The van der Waals surface area contributed by atoms with Crippen molar-refractivity contribution in [1.82, 2.24) is 0 Å². The van der Waals surface area contributed by atoms with E-state index in [2.05, 4.69) is 55.7 Å². The second-order valence-corrected chi connectivity index (χ2v) is 9.19. The zero-order chi connectivity index (χ0) is 22.3. The third kappa shape index (κ3) is 5.31. The Morgan fingerprint density at radius 1 is 0.969 bits per heavy atom. The van der Waals surface area contributed by atoms with Crippen LogP contribution in [0, 0.1) is 23.6 Å². The molecule has 0 saturated heterocycles. The lowest BCUT2D eigenvalue weighted by atomic mass is 9.77. The van der Waals surface area contributed by atoms with Crippen LogP contribution in [0.5, 0.6) is 0 Å². The lowest BCUT2D eigenvalue weighted by Gasteiger charge is -2.28. The summed E-state index contributed by atoms with van der Waals surface area (Å²) in [7, 11) is 0. The maximum Gasteiger partial charge on any atom is 0.146 e. The number of hydrogen-bond acceptors (Lipinski definition) is 0. The molecule has 32 heavy (non-hydrogen) atoms. The van der Waals surface area contributed by atoms with E-state index >= 15 is 4.39 Å². The molecule has 0 unspecified atom stereocenters. The molecule has 3 aromatic carbocycles. The lowest BCUT2D eigenvalue weighted by molar-refractivity contribution is 0.308. The van der Waals surface area contributed by atoms with Crippen LogP contribution in [0.4, 0.5) is 4.39 Å². The van der Waals surface area contributed by atoms with Gasteiger partial charge in [-0.05, 0) is 85.1 Å². The summed E-state index contributed by atoms with van der Waals surface area (Å²) in [5.74, 6) is 7.59. The van der Waals surface area contributed by atoms with Gasteiger partial charge in [0, 0.05) is 10.9 Å². The molecule has 0 atom stereocenters. The molecular weight excluding hydrogens is 391 g/mol. The van der Waals surface area contributed by atoms with Crippen molar-refractivity contribution in [2.45, 2.75) is 64.2 Å².